The first kappa shape index (κ1) is 19.4. The molecule has 2 aromatic rings. The van der Waals surface area contributed by atoms with Crippen LogP contribution >= 0.6 is 0 Å². The van der Waals surface area contributed by atoms with E-state index in [1.807, 2.05) is 6.20 Å². The Morgan fingerprint density at radius 3 is 2.16 bits per heavy atom. The molecule has 4 nitrogen and oxygen atoms in total. The number of hydrogen-bond acceptors (Lipinski definition) is 4. The number of ether oxygens (including phenoxy) is 1. The second kappa shape index (κ2) is 11.6. The summed E-state index contributed by atoms with van der Waals surface area (Å²) in [5.74, 6) is 1.44. The lowest BCUT2D eigenvalue weighted by atomic mass is 10.1. The quantitative estimate of drug-likeness (QED) is 0.470. The predicted molar refractivity (Wildman–Crippen MR) is 103 cm³/mol. The Morgan fingerprint density at radius 2 is 1.48 bits per heavy atom. The highest BCUT2D eigenvalue weighted by Crippen LogP contribution is 2.17. The Balaban J connectivity index is 1.79. The van der Waals surface area contributed by atoms with Gasteiger partial charge in [0.2, 0.25) is 0 Å². The first-order valence-electron chi connectivity index (χ1n) is 9.73. The van der Waals surface area contributed by atoms with Crippen molar-refractivity contribution in [2.24, 2.45) is 0 Å². The molecule has 2 heterocycles. The average molecular weight is 341 g/mol. The number of nitrogens with zero attached hydrogens (tertiary/aromatic N) is 3. The van der Waals surface area contributed by atoms with Crippen LogP contribution in [0, 0.1) is 0 Å². The van der Waals surface area contributed by atoms with Gasteiger partial charge in [0.15, 0.2) is 11.6 Å². The molecule has 25 heavy (non-hydrogen) atoms. The molecule has 0 N–H and O–H groups in total. The fourth-order valence-electron chi connectivity index (χ4n) is 2.70. The van der Waals surface area contributed by atoms with Gasteiger partial charge in [-0.15, -0.1) is 0 Å². The van der Waals surface area contributed by atoms with E-state index >= 15 is 0 Å². The van der Waals surface area contributed by atoms with E-state index in [1.165, 1.54) is 44.9 Å². The van der Waals surface area contributed by atoms with E-state index in [0.29, 0.717) is 5.82 Å². The van der Waals surface area contributed by atoms with Crippen molar-refractivity contribution in [3.05, 3.63) is 36.4 Å². The molecule has 0 aliphatic carbocycles. The summed E-state index contributed by atoms with van der Waals surface area (Å²) in [6.45, 7) is 5.18. The molecule has 0 unspecified atom stereocenters. The van der Waals surface area contributed by atoms with Crippen LogP contribution in [0.5, 0.6) is 5.75 Å². The number of rotatable bonds is 12. The van der Waals surface area contributed by atoms with Crippen LogP contribution in [0.1, 0.15) is 70.9 Å². The Morgan fingerprint density at radius 1 is 0.760 bits per heavy atom. The first-order valence-corrected chi connectivity index (χ1v) is 9.73. The summed E-state index contributed by atoms with van der Waals surface area (Å²) in [5.41, 5.74) is 2.09. The van der Waals surface area contributed by atoms with E-state index < -0.39 is 0 Å². The van der Waals surface area contributed by atoms with Crippen molar-refractivity contribution in [1.29, 1.82) is 0 Å². The molecule has 0 bridgehead atoms. The SMILES string of the molecule is CCCCCCCOc1cnc(-c2ccc(CCCCC)nc2)nc1. The van der Waals surface area contributed by atoms with Crippen LogP contribution in [0.4, 0.5) is 0 Å². The Kier molecular flexibility index (Phi) is 8.95. The zero-order chi connectivity index (χ0) is 17.7. The largest absolute Gasteiger partial charge is 0.490 e. The van der Waals surface area contributed by atoms with E-state index in [0.717, 1.165) is 36.5 Å². The minimum absolute atomic E-state index is 0.697. The average Bonchev–Trinajstić information content (AvgIpc) is 2.66. The van der Waals surface area contributed by atoms with E-state index in [-0.39, 0.29) is 0 Å². The Labute approximate surface area is 152 Å². The van der Waals surface area contributed by atoms with Gasteiger partial charge >= 0.3 is 0 Å². The van der Waals surface area contributed by atoms with Crippen molar-refractivity contribution in [2.45, 2.75) is 71.6 Å². The molecule has 0 saturated heterocycles. The molecule has 0 spiro atoms. The van der Waals surface area contributed by atoms with Crippen molar-refractivity contribution in [1.82, 2.24) is 15.0 Å². The highest BCUT2D eigenvalue weighted by Gasteiger charge is 2.04. The Hall–Kier alpha value is -1.97. The van der Waals surface area contributed by atoms with Crippen molar-refractivity contribution in [3.63, 3.8) is 0 Å². The summed E-state index contributed by atoms with van der Waals surface area (Å²) in [4.78, 5) is 13.3. The van der Waals surface area contributed by atoms with Gasteiger partial charge in [-0.05, 0) is 31.4 Å². The van der Waals surface area contributed by atoms with Gasteiger partial charge in [-0.2, -0.15) is 0 Å². The normalized spacial score (nSPS) is 10.8. The molecule has 2 aromatic heterocycles. The van der Waals surface area contributed by atoms with Crippen LogP contribution in [-0.2, 0) is 6.42 Å². The topological polar surface area (TPSA) is 47.9 Å². The van der Waals surface area contributed by atoms with Gasteiger partial charge in [0.05, 0.1) is 19.0 Å². The lowest BCUT2D eigenvalue weighted by Crippen LogP contribution is -1.99. The molecule has 0 aliphatic rings. The second-order valence-corrected chi connectivity index (χ2v) is 6.50. The summed E-state index contributed by atoms with van der Waals surface area (Å²) in [6.07, 6.45) is 16.3. The zero-order valence-corrected chi connectivity index (χ0v) is 15.7. The van der Waals surface area contributed by atoms with E-state index in [4.69, 9.17) is 4.74 Å². The number of aromatic nitrogens is 3. The highest BCUT2D eigenvalue weighted by atomic mass is 16.5. The fraction of sp³-hybridized carbons (Fsp3) is 0.571. The summed E-state index contributed by atoms with van der Waals surface area (Å²) in [6, 6.07) is 4.13. The predicted octanol–water partition coefficient (Wildman–Crippen LogP) is 5.62. The number of unbranched alkanes of at least 4 members (excludes halogenated alkanes) is 6. The molecular weight excluding hydrogens is 310 g/mol. The lowest BCUT2D eigenvalue weighted by molar-refractivity contribution is 0.302. The third-order valence-electron chi connectivity index (χ3n) is 4.26. The Bertz CT molecular complexity index is 581. The molecule has 0 fully saturated rings. The zero-order valence-electron chi connectivity index (χ0n) is 15.7. The minimum Gasteiger partial charge on any atom is -0.490 e. The van der Waals surface area contributed by atoms with Gasteiger partial charge in [0, 0.05) is 17.5 Å². The molecule has 0 amide bonds. The number of hydrogen-bond donors (Lipinski definition) is 0. The van der Waals surface area contributed by atoms with Gasteiger partial charge in [-0.1, -0.05) is 52.4 Å². The number of aryl methyl sites for hydroxylation is 1. The van der Waals surface area contributed by atoms with Gasteiger partial charge in [0.1, 0.15) is 0 Å². The van der Waals surface area contributed by atoms with Gasteiger partial charge in [-0.25, -0.2) is 9.97 Å². The number of pyridine rings is 1. The van der Waals surface area contributed by atoms with Crippen molar-refractivity contribution >= 4 is 0 Å². The highest BCUT2D eigenvalue weighted by molar-refractivity contribution is 5.53. The van der Waals surface area contributed by atoms with Gasteiger partial charge in [-0.3, -0.25) is 4.98 Å². The second-order valence-electron chi connectivity index (χ2n) is 6.50. The fourth-order valence-corrected chi connectivity index (χ4v) is 2.70. The summed E-state index contributed by atoms with van der Waals surface area (Å²) in [5, 5.41) is 0. The third-order valence-corrected chi connectivity index (χ3v) is 4.26. The first-order chi connectivity index (χ1) is 12.3. The van der Waals surface area contributed by atoms with E-state index in [1.54, 1.807) is 12.4 Å². The van der Waals surface area contributed by atoms with Crippen LogP contribution in [-0.4, -0.2) is 21.6 Å². The molecule has 0 saturated carbocycles. The molecule has 136 valence electrons. The maximum absolute atomic E-state index is 5.71. The molecule has 0 atom stereocenters. The molecule has 0 radical (unpaired) electrons. The van der Waals surface area contributed by atoms with Crippen LogP contribution in [0.15, 0.2) is 30.7 Å². The van der Waals surface area contributed by atoms with Crippen LogP contribution in [0.3, 0.4) is 0 Å². The standard InChI is InChI=1S/C21H31N3O/c1-3-5-7-8-10-14-25-20-16-23-21(24-17-20)18-12-13-19(22-15-18)11-9-6-4-2/h12-13,15-17H,3-11,14H2,1-2H3. The van der Waals surface area contributed by atoms with E-state index in [2.05, 4.69) is 40.9 Å². The molecule has 0 aliphatic heterocycles. The molecular formula is C21H31N3O. The molecule has 0 aromatic carbocycles. The van der Waals surface area contributed by atoms with Crippen molar-refractivity contribution < 1.29 is 4.74 Å². The maximum Gasteiger partial charge on any atom is 0.160 e. The van der Waals surface area contributed by atoms with E-state index in [9.17, 15) is 0 Å². The third kappa shape index (κ3) is 7.20. The van der Waals surface area contributed by atoms with Crippen LogP contribution < -0.4 is 4.74 Å². The monoisotopic (exact) mass is 341 g/mol. The van der Waals surface area contributed by atoms with Crippen molar-refractivity contribution in [2.75, 3.05) is 6.61 Å². The lowest BCUT2D eigenvalue weighted by Gasteiger charge is -2.06. The maximum atomic E-state index is 5.71. The van der Waals surface area contributed by atoms with Gasteiger partial charge in [0.25, 0.3) is 0 Å². The summed E-state index contributed by atoms with van der Waals surface area (Å²) < 4.78 is 5.71. The van der Waals surface area contributed by atoms with Gasteiger partial charge < -0.3 is 4.74 Å². The molecule has 4 heteroatoms. The van der Waals surface area contributed by atoms with Crippen LogP contribution in [0.2, 0.25) is 0 Å². The smallest absolute Gasteiger partial charge is 0.160 e. The minimum atomic E-state index is 0.697. The summed E-state index contributed by atoms with van der Waals surface area (Å²) in [7, 11) is 0. The molecule has 2 rings (SSSR count). The van der Waals surface area contributed by atoms with Crippen molar-refractivity contribution in [3.8, 4) is 17.1 Å². The van der Waals surface area contributed by atoms with Crippen LogP contribution in [0.25, 0.3) is 11.4 Å². The summed E-state index contributed by atoms with van der Waals surface area (Å²) >= 11 is 0.